The van der Waals surface area contributed by atoms with Crippen LogP contribution in [0.1, 0.15) is 47.1 Å². The lowest BCUT2D eigenvalue weighted by molar-refractivity contribution is -0.00567. The molecule has 0 N–H and O–H groups in total. The van der Waals surface area contributed by atoms with E-state index in [-0.39, 0.29) is 12.3 Å². The molecule has 5 rings (SSSR count). The Morgan fingerprint density at radius 3 is 2.32 bits per heavy atom. The summed E-state index contributed by atoms with van der Waals surface area (Å²) in [6.45, 7) is 13.9. The SMILES string of the molecule is CC(C)(C)OP(=O)(OCn1cc(-c2ccn(Cc3cccc(Br)c3)c(=O)c2)c2cc(N3CCOCC3)cnc21)OC(C)(C)C. The van der Waals surface area contributed by atoms with Gasteiger partial charge in [0, 0.05) is 47.0 Å². The van der Waals surface area contributed by atoms with Gasteiger partial charge in [-0.1, -0.05) is 28.1 Å². The molecule has 1 aliphatic rings. The molecule has 4 aromatic rings. The molecule has 3 aromatic heterocycles. The molecule has 0 bridgehead atoms. The monoisotopic (exact) mass is 686 g/mol. The second-order valence-corrected chi connectivity index (χ2v) is 15.2. The molecule has 0 unspecified atom stereocenters. The number of aromatic nitrogens is 3. The number of nitrogens with zero attached hydrogens (tertiary/aromatic N) is 4. The van der Waals surface area contributed by atoms with E-state index in [0.717, 1.165) is 45.3 Å². The zero-order valence-electron chi connectivity index (χ0n) is 26.1. The van der Waals surface area contributed by atoms with Crippen molar-refractivity contribution in [1.29, 1.82) is 0 Å². The summed E-state index contributed by atoms with van der Waals surface area (Å²) in [7, 11) is -3.98. The van der Waals surface area contributed by atoms with Crippen molar-refractivity contribution in [1.82, 2.24) is 14.1 Å². The Balaban J connectivity index is 1.52. The van der Waals surface area contributed by atoms with Crippen LogP contribution in [0.25, 0.3) is 22.2 Å². The predicted octanol–water partition coefficient (Wildman–Crippen LogP) is 7.22. The Labute approximate surface area is 266 Å². The summed E-state index contributed by atoms with van der Waals surface area (Å²) in [6.07, 6.45) is 5.49. The van der Waals surface area contributed by atoms with E-state index in [1.165, 1.54) is 0 Å². The molecule has 44 heavy (non-hydrogen) atoms. The highest BCUT2D eigenvalue weighted by Gasteiger charge is 2.37. The standard InChI is InChI=1S/C32H40BrN4O6P/c1-31(2,3)42-44(39,43-32(4,5)6)41-22-37-21-28(27-18-26(19-34-30(27)37)35-12-14-40-15-13-35)24-10-11-36(29(38)17-24)20-23-8-7-9-25(33)16-23/h7-11,16-19,21H,12-15,20,22H2,1-6H3. The Kier molecular flexibility index (Phi) is 9.56. The minimum atomic E-state index is -3.98. The Morgan fingerprint density at radius 2 is 1.68 bits per heavy atom. The van der Waals surface area contributed by atoms with Gasteiger partial charge in [-0.05, 0) is 76.9 Å². The van der Waals surface area contributed by atoms with Crippen molar-refractivity contribution in [2.24, 2.45) is 0 Å². The van der Waals surface area contributed by atoms with Crippen molar-refractivity contribution in [2.75, 3.05) is 31.2 Å². The first-order valence-corrected chi connectivity index (χ1v) is 16.9. The van der Waals surface area contributed by atoms with Crippen molar-refractivity contribution in [3.05, 3.63) is 81.4 Å². The number of morpholine rings is 1. The molecule has 0 spiro atoms. The van der Waals surface area contributed by atoms with Gasteiger partial charge in [-0.3, -0.25) is 18.4 Å². The molecule has 4 heterocycles. The van der Waals surface area contributed by atoms with E-state index in [0.29, 0.717) is 25.4 Å². The van der Waals surface area contributed by atoms with Crippen molar-refractivity contribution in [2.45, 2.75) is 66.0 Å². The van der Waals surface area contributed by atoms with Gasteiger partial charge in [0.05, 0.1) is 42.8 Å². The van der Waals surface area contributed by atoms with Gasteiger partial charge < -0.3 is 18.8 Å². The molecule has 236 valence electrons. The zero-order chi connectivity index (χ0) is 31.7. The van der Waals surface area contributed by atoms with Crippen LogP contribution in [0.4, 0.5) is 5.69 Å². The van der Waals surface area contributed by atoms with Gasteiger partial charge in [-0.2, -0.15) is 0 Å². The predicted molar refractivity (Wildman–Crippen MR) is 176 cm³/mol. The molecular weight excluding hydrogens is 647 g/mol. The fraction of sp³-hybridized carbons (Fsp3) is 0.438. The van der Waals surface area contributed by atoms with Gasteiger partial charge >= 0.3 is 7.82 Å². The topological polar surface area (TPSA) is 97.1 Å². The van der Waals surface area contributed by atoms with E-state index < -0.39 is 19.0 Å². The molecule has 1 aliphatic heterocycles. The van der Waals surface area contributed by atoms with E-state index in [9.17, 15) is 9.36 Å². The van der Waals surface area contributed by atoms with E-state index in [4.69, 9.17) is 23.3 Å². The number of ether oxygens (including phenoxy) is 1. The second-order valence-electron chi connectivity index (χ2n) is 12.8. The average molecular weight is 688 g/mol. The number of fused-ring (bicyclic) bond motifs is 1. The lowest BCUT2D eigenvalue weighted by Gasteiger charge is -2.31. The lowest BCUT2D eigenvalue weighted by atomic mass is 10.1. The summed E-state index contributed by atoms with van der Waals surface area (Å²) >= 11 is 3.50. The Bertz CT molecular complexity index is 1710. The number of hydrogen-bond donors (Lipinski definition) is 0. The summed E-state index contributed by atoms with van der Waals surface area (Å²) in [5.41, 5.74) is 2.48. The number of benzene rings is 1. The third-order valence-corrected chi connectivity index (χ3v) is 9.22. The van der Waals surface area contributed by atoms with Crippen LogP contribution >= 0.6 is 23.8 Å². The molecule has 1 aromatic carbocycles. The van der Waals surface area contributed by atoms with Crippen LogP contribution in [0.15, 0.2) is 70.3 Å². The third-order valence-electron chi connectivity index (χ3n) is 6.75. The van der Waals surface area contributed by atoms with Crippen molar-refractivity contribution < 1.29 is 22.9 Å². The molecule has 1 fully saturated rings. The van der Waals surface area contributed by atoms with E-state index in [1.807, 2.05) is 42.7 Å². The smallest absolute Gasteiger partial charge is 0.378 e. The maximum absolute atomic E-state index is 13.8. The van der Waals surface area contributed by atoms with E-state index >= 15 is 0 Å². The van der Waals surface area contributed by atoms with E-state index in [2.05, 4.69) is 26.9 Å². The van der Waals surface area contributed by atoms with Crippen molar-refractivity contribution >= 4 is 40.5 Å². The third kappa shape index (κ3) is 8.27. The zero-order valence-corrected chi connectivity index (χ0v) is 28.6. The van der Waals surface area contributed by atoms with Gasteiger partial charge in [-0.15, -0.1) is 0 Å². The fourth-order valence-electron chi connectivity index (χ4n) is 5.00. The fourth-order valence-corrected chi connectivity index (χ4v) is 7.19. The maximum Gasteiger partial charge on any atom is 0.477 e. The minimum absolute atomic E-state index is 0.126. The van der Waals surface area contributed by atoms with Crippen LogP contribution < -0.4 is 10.5 Å². The number of pyridine rings is 2. The highest BCUT2D eigenvalue weighted by molar-refractivity contribution is 9.10. The normalized spacial score (nSPS) is 14.8. The highest BCUT2D eigenvalue weighted by Crippen LogP contribution is 2.55. The van der Waals surface area contributed by atoms with Crippen LogP contribution in [0.3, 0.4) is 0 Å². The number of phosphoric acid groups is 1. The van der Waals surface area contributed by atoms with Gasteiger partial charge in [-0.25, -0.2) is 9.55 Å². The summed E-state index contributed by atoms with van der Waals surface area (Å²) < 4.78 is 41.3. The molecule has 0 saturated carbocycles. The number of phosphoric ester groups is 1. The molecular formula is C32H40BrN4O6P. The van der Waals surface area contributed by atoms with Crippen LogP contribution in [0, 0.1) is 0 Å². The first-order valence-electron chi connectivity index (χ1n) is 14.6. The highest BCUT2D eigenvalue weighted by atomic mass is 79.9. The van der Waals surface area contributed by atoms with Crippen molar-refractivity contribution in [3.63, 3.8) is 0 Å². The van der Waals surface area contributed by atoms with Crippen molar-refractivity contribution in [3.8, 4) is 11.1 Å². The lowest BCUT2D eigenvalue weighted by Crippen LogP contribution is -2.36. The largest absolute Gasteiger partial charge is 0.477 e. The first-order chi connectivity index (χ1) is 20.7. The van der Waals surface area contributed by atoms with Gasteiger partial charge in [0.1, 0.15) is 12.4 Å². The molecule has 1 saturated heterocycles. The minimum Gasteiger partial charge on any atom is -0.378 e. The second kappa shape index (κ2) is 12.9. The quantitative estimate of drug-likeness (QED) is 0.170. The van der Waals surface area contributed by atoms with Crippen LogP contribution in [-0.4, -0.2) is 51.6 Å². The number of halogens is 1. The van der Waals surface area contributed by atoms with Crippen LogP contribution in [0.2, 0.25) is 0 Å². The van der Waals surface area contributed by atoms with Gasteiger partial charge in [0.25, 0.3) is 5.56 Å². The summed E-state index contributed by atoms with van der Waals surface area (Å²) in [5, 5.41) is 0.838. The first kappa shape index (κ1) is 32.6. The molecule has 0 atom stereocenters. The Hall–Kier alpha value is -2.79. The molecule has 10 nitrogen and oxygen atoms in total. The molecule has 12 heteroatoms. The summed E-state index contributed by atoms with van der Waals surface area (Å²) in [6, 6.07) is 13.5. The number of anilines is 1. The van der Waals surface area contributed by atoms with Crippen LogP contribution in [0.5, 0.6) is 0 Å². The van der Waals surface area contributed by atoms with E-state index in [1.54, 1.807) is 62.9 Å². The summed E-state index contributed by atoms with van der Waals surface area (Å²) in [4.78, 5) is 20.3. The molecule has 0 radical (unpaired) electrons. The molecule has 0 aliphatic carbocycles. The maximum atomic E-state index is 13.8. The average Bonchev–Trinajstić information content (AvgIpc) is 3.29. The summed E-state index contributed by atoms with van der Waals surface area (Å²) in [5.74, 6) is 0. The Morgan fingerprint density at radius 1 is 0.977 bits per heavy atom. The van der Waals surface area contributed by atoms with Gasteiger partial charge in [0.2, 0.25) is 0 Å². The number of rotatable bonds is 9. The molecule has 0 amide bonds. The number of hydrogen-bond acceptors (Lipinski definition) is 8. The van der Waals surface area contributed by atoms with Crippen LogP contribution in [-0.2, 0) is 36.1 Å². The van der Waals surface area contributed by atoms with Gasteiger partial charge in [0.15, 0.2) is 0 Å².